The highest BCUT2D eigenvalue weighted by Gasteiger charge is 2.41. The molecular formula is C11H7ClF3N3O4S. The molecule has 0 radical (unpaired) electrons. The van der Waals surface area contributed by atoms with Crippen LogP contribution in [0.2, 0.25) is 5.15 Å². The Morgan fingerprint density at radius 1 is 1.35 bits per heavy atom. The van der Waals surface area contributed by atoms with Crippen molar-refractivity contribution in [3.8, 4) is 5.82 Å². The van der Waals surface area contributed by atoms with Crippen molar-refractivity contribution in [1.29, 1.82) is 0 Å². The van der Waals surface area contributed by atoms with E-state index in [1.165, 1.54) is 0 Å². The van der Waals surface area contributed by atoms with Crippen LogP contribution in [0, 0.1) is 0 Å². The minimum atomic E-state index is -5.03. The molecule has 0 unspecified atom stereocenters. The van der Waals surface area contributed by atoms with Gasteiger partial charge in [-0.3, -0.25) is 0 Å². The van der Waals surface area contributed by atoms with Crippen LogP contribution in [0.3, 0.4) is 0 Å². The topological polar surface area (TPSA) is 102 Å². The van der Waals surface area contributed by atoms with Crippen LogP contribution in [-0.2, 0) is 16.0 Å². The first-order valence-electron chi connectivity index (χ1n) is 5.68. The van der Waals surface area contributed by atoms with E-state index in [0.717, 1.165) is 24.6 Å². The van der Waals surface area contributed by atoms with Crippen LogP contribution >= 0.6 is 11.6 Å². The molecule has 0 saturated carbocycles. The molecule has 2 heterocycles. The lowest BCUT2D eigenvalue weighted by molar-refractivity contribution is -0.141. The number of aromatic carboxylic acids is 1. The van der Waals surface area contributed by atoms with E-state index in [1.54, 1.807) is 0 Å². The molecule has 0 saturated heterocycles. The summed E-state index contributed by atoms with van der Waals surface area (Å²) >= 11 is 5.66. The van der Waals surface area contributed by atoms with E-state index >= 15 is 0 Å². The van der Waals surface area contributed by atoms with Gasteiger partial charge < -0.3 is 5.11 Å². The average molecular weight is 370 g/mol. The first kappa shape index (κ1) is 17.2. The molecule has 7 nitrogen and oxygen atoms in total. The van der Waals surface area contributed by atoms with Gasteiger partial charge >= 0.3 is 12.1 Å². The molecule has 1 N–H and O–H groups in total. The van der Waals surface area contributed by atoms with Gasteiger partial charge in [0.25, 0.3) is 0 Å². The van der Waals surface area contributed by atoms with Gasteiger partial charge in [-0.25, -0.2) is 22.9 Å². The molecule has 23 heavy (non-hydrogen) atoms. The zero-order valence-electron chi connectivity index (χ0n) is 11.2. The lowest BCUT2D eigenvalue weighted by atomic mass is 10.2. The predicted octanol–water partition coefficient (Wildman–Crippen LogP) is 2.04. The van der Waals surface area contributed by atoms with Gasteiger partial charge in [-0.15, -0.1) is 0 Å². The number of pyridine rings is 1. The predicted molar refractivity (Wildman–Crippen MR) is 71.4 cm³/mol. The molecule has 2 aromatic rings. The fraction of sp³-hybridized carbons (Fsp3) is 0.182. The number of nitrogens with zero attached hydrogens (tertiary/aromatic N) is 3. The number of aromatic nitrogens is 3. The molecular weight excluding hydrogens is 363 g/mol. The third-order valence-corrected chi connectivity index (χ3v) is 4.12. The number of rotatable bonds is 3. The quantitative estimate of drug-likeness (QED) is 0.888. The van der Waals surface area contributed by atoms with E-state index in [9.17, 15) is 26.4 Å². The van der Waals surface area contributed by atoms with Crippen LogP contribution in [0.15, 0.2) is 23.2 Å². The molecule has 0 aliphatic carbocycles. The first-order chi connectivity index (χ1) is 10.4. The molecule has 0 aliphatic rings. The number of hydrogen-bond acceptors (Lipinski definition) is 5. The average Bonchev–Trinajstić information content (AvgIpc) is 2.75. The van der Waals surface area contributed by atoms with Gasteiger partial charge in [0, 0.05) is 12.5 Å². The molecule has 0 atom stereocenters. The maximum absolute atomic E-state index is 12.8. The van der Waals surface area contributed by atoms with Crippen molar-refractivity contribution < 1.29 is 31.5 Å². The number of carboxylic acids is 1. The highest BCUT2D eigenvalue weighted by atomic mass is 35.5. The molecule has 0 spiro atoms. The van der Waals surface area contributed by atoms with Crippen LogP contribution in [0.4, 0.5) is 13.2 Å². The molecule has 12 heteroatoms. The van der Waals surface area contributed by atoms with Crippen LogP contribution in [-0.4, -0.2) is 40.5 Å². The minimum Gasteiger partial charge on any atom is -0.478 e. The Morgan fingerprint density at radius 3 is 2.30 bits per heavy atom. The Balaban J connectivity index is 2.63. The van der Waals surface area contributed by atoms with Crippen LogP contribution < -0.4 is 0 Å². The summed E-state index contributed by atoms with van der Waals surface area (Å²) in [5.41, 5.74) is -2.89. The summed E-state index contributed by atoms with van der Waals surface area (Å²) in [4.78, 5) is 14.5. The van der Waals surface area contributed by atoms with Gasteiger partial charge in [-0.05, 0) is 12.1 Å². The zero-order chi connectivity index (χ0) is 17.6. The summed E-state index contributed by atoms with van der Waals surface area (Å²) in [6.07, 6.45) is -3.21. The monoisotopic (exact) mass is 369 g/mol. The van der Waals surface area contributed by atoms with Crippen molar-refractivity contribution >= 4 is 27.4 Å². The maximum Gasteiger partial charge on any atom is 0.436 e. The number of hydrogen-bond donors (Lipinski definition) is 1. The summed E-state index contributed by atoms with van der Waals surface area (Å²) in [6.45, 7) is 0. The number of alkyl halides is 3. The number of carboxylic acid groups (broad SMARTS) is 1. The maximum atomic E-state index is 12.8. The van der Waals surface area contributed by atoms with E-state index in [0.29, 0.717) is 4.68 Å². The fourth-order valence-corrected chi connectivity index (χ4v) is 2.51. The molecule has 0 aliphatic heterocycles. The number of carbonyl (C=O) groups is 1. The zero-order valence-corrected chi connectivity index (χ0v) is 12.7. The first-order valence-corrected chi connectivity index (χ1v) is 7.95. The van der Waals surface area contributed by atoms with Gasteiger partial charge in [-0.1, -0.05) is 11.6 Å². The Bertz CT molecular complexity index is 875. The van der Waals surface area contributed by atoms with E-state index < -0.39 is 38.4 Å². The summed E-state index contributed by atoms with van der Waals surface area (Å²) in [5.74, 6) is -2.17. The van der Waals surface area contributed by atoms with Crippen LogP contribution in [0.5, 0.6) is 0 Å². The van der Waals surface area contributed by atoms with Crippen LogP contribution in [0.1, 0.15) is 16.1 Å². The van der Waals surface area contributed by atoms with Crippen molar-refractivity contribution in [1.82, 2.24) is 14.8 Å². The van der Waals surface area contributed by atoms with Crippen molar-refractivity contribution in [2.75, 3.05) is 6.26 Å². The molecule has 2 rings (SSSR count). The fourth-order valence-electron chi connectivity index (χ4n) is 1.65. The van der Waals surface area contributed by atoms with E-state index in [2.05, 4.69) is 10.1 Å². The largest absolute Gasteiger partial charge is 0.478 e. The second kappa shape index (κ2) is 5.49. The van der Waals surface area contributed by atoms with Crippen LogP contribution in [0.25, 0.3) is 5.82 Å². The Morgan fingerprint density at radius 2 is 1.96 bits per heavy atom. The second-order valence-corrected chi connectivity index (χ2v) is 6.73. The SMILES string of the molecule is CS(=O)(=O)c1ccc(-n2nc(C(F)(F)F)c(C(=O)O)c2Cl)nc1. The third-order valence-electron chi connectivity index (χ3n) is 2.68. The lowest BCUT2D eigenvalue weighted by Gasteiger charge is -2.03. The van der Waals surface area contributed by atoms with Crippen molar-refractivity contribution in [3.63, 3.8) is 0 Å². The number of sulfone groups is 1. The Hall–Kier alpha value is -2.14. The second-order valence-electron chi connectivity index (χ2n) is 4.35. The van der Waals surface area contributed by atoms with Gasteiger partial charge in [0.1, 0.15) is 10.7 Å². The van der Waals surface area contributed by atoms with Crippen molar-refractivity contribution in [3.05, 3.63) is 34.7 Å². The summed E-state index contributed by atoms with van der Waals surface area (Å²) in [6, 6.07) is 2.14. The summed E-state index contributed by atoms with van der Waals surface area (Å²) in [7, 11) is -3.55. The van der Waals surface area contributed by atoms with E-state index in [1.807, 2.05) is 0 Å². The van der Waals surface area contributed by atoms with Gasteiger partial charge in [0.05, 0.1) is 4.90 Å². The van der Waals surface area contributed by atoms with E-state index in [-0.39, 0.29) is 10.7 Å². The summed E-state index contributed by atoms with van der Waals surface area (Å²) in [5, 5.41) is 11.2. The molecule has 124 valence electrons. The van der Waals surface area contributed by atoms with Gasteiger partial charge in [0.2, 0.25) is 0 Å². The summed E-state index contributed by atoms with van der Waals surface area (Å²) < 4.78 is 61.6. The standard InChI is InChI=1S/C11H7ClF3N3O4S/c1-23(21,22)5-2-3-6(16-4-5)18-9(12)7(10(19)20)8(17-18)11(13,14)15/h2-4H,1H3,(H,19,20). The Labute approximate surface area is 132 Å². The third kappa shape index (κ3) is 3.29. The Kier molecular flexibility index (Phi) is 4.11. The van der Waals surface area contributed by atoms with Gasteiger partial charge in [0.15, 0.2) is 21.3 Å². The molecule has 0 fully saturated rings. The lowest BCUT2D eigenvalue weighted by Crippen LogP contribution is -2.12. The smallest absolute Gasteiger partial charge is 0.436 e. The van der Waals surface area contributed by atoms with Gasteiger partial charge in [-0.2, -0.15) is 18.3 Å². The highest BCUT2D eigenvalue weighted by Crippen LogP contribution is 2.35. The normalized spacial score (nSPS) is 12.4. The van der Waals surface area contributed by atoms with Crippen molar-refractivity contribution in [2.24, 2.45) is 0 Å². The molecule has 0 aromatic carbocycles. The molecule has 0 amide bonds. The molecule has 2 aromatic heterocycles. The minimum absolute atomic E-state index is 0.168. The number of halogens is 4. The molecule has 0 bridgehead atoms. The van der Waals surface area contributed by atoms with E-state index in [4.69, 9.17) is 16.7 Å². The highest BCUT2D eigenvalue weighted by molar-refractivity contribution is 7.90. The van der Waals surface area contributed by atoms with Crippen molar-refractivity contribution in [2.45, 2.75) is 11.1 Å².